The molecule has 21 heavy (non-hydrogen) atoms. The standard InChI is InChI=1S/C16H4Cl2N2S/c17-15-13-9(5-19)11-7-3-1-2-4-8(7)12(11)10(6-20)14(13)16(18)21-15/h1-4H. The number of benzene rings is 2. The van der Waals surface area contributed by atoms with Crippen LogP contribution in [0.15, 0.2) is 24.3 Å². The van der Waals surface area contributed by atoms with Gasteiger partial charge in [-0.25, -0.2) is 0 Å². The van der Waals surface area contributed by atoms with Crippen molar-refractivity contribution < 1.29 is 0 Å². The quantitative estimate of drug-likeness (QED) is 0.422. The highest BCUT2D eigenvalue weighted by Crippen LogP contribution is 2.56. The number of rotatable bonds is 0. The van der Waals surface area contributed by atoms with E-state index in [1.807, 2.05) is 24.3 Å². The first-order valence-corrected chi connectivity index (χ1v) is 7.63. The largest absolute Gasteiger partial charge is 0.192 e. The summed E-state index contributed by atoms with van der Waals surface area (Å²) in [4.78, 5) is 0. The highest BCUT2D eigenvalue weighted by Gasteiger charge is 2.33. The van der Waals surface area contributed by atoms with Gasteiger partial charge in [0, 0.05) is 21.9 Å². The third kappa shape index (κ3) is 1.41. The van der Waals surface area contributed by atoms with Gasteiger partial charge < -0.3 is 0 Å². The zero-order valence-electron chi connectivity index (χ0n) is 10.4. The van der Waals surface area contributed by atoms with Crippen molar-refractivity contribution >= 4 is 45.3 Å². The lowest BCUT2D eigenvalue weighted by Gasteiger charge is -2.27. The molecule has 0 amide bonds. The van der Waals surface area contributed by atoms with Gasteiger partial charge in [-0.15, -0.1) is 11.3 Å². The van der Waals surface area contributed by atoms with E-state index in [-0.39, 0.29) is 0 Å². The third-order valence-corrected chi connectivity index (χ3v) is 5.37. The fraction of sp³-hybridized carbons (Fsp3) is 0. The van der Waals surface area contributed by atoms with E-state index in [0.717, 1.165) is 22.3 Å². The van der Waals surface area contributed by atoms with Gasteiger partial charge in [0.1, 0.15) is 20.8 Å². The summed E-state index contributed by atoms with van der Waals surface area (Å²) < 4.78 is 0.908. The van der Waals surface area contributed by atoms with E-state index in [1.54, 1.807) is 0 Å². The monoisotopic (exact) mass is 326 g/mol. The number of thiophene rings is 1. The molecule has 98 valence electrons. The molecule has 0 saturated carbocycles. The molecule has 0 spiro atoms. The van der Waals surface area contributed by atoms with E-state index in [9.17, 15) is 10.5 Å². The smallest absolute Gasteiger partial charge is 0.104 e. The zero-order valence-corrected chi connectivity index (χ0v) is 12.7. The summed E-state index contributed by atoms with van der Waals surface area (Å²) in [6, 6.07) is 12.2. The molecule has 0 fully saturated rings. The van der Waals surface area contributed by atoms with Crippen LogP contribution in [0.5, 0.6) is 0 Å². The van der Waals surface area contributed by atoms with Gasteiger partial charge in [0.2, 0.25) is 0 Å². The summed E-state index contributed by atoms with van der Waals surface area (Å²) in [5.74, 6) is 0. The van der Waals surface area contributed by atoms with Crippen LogP contribution < -0.4 is 0 Å². The van der Waals surface area contributed by atoms with Gasteiger partial charge in [0.15, 0.2) is 0 Å². The predicted octanol–water partition coefficient (Wildman–Crippen LogP) is 5.60. The van der Waals surface area contributed by atoms with Gasteiger partial charge in [-0.05, 0) is 11.1 Å². The fourth-order valence-corrected chi connectivity index (χ4v) is 4.67. The van der Waals surface area contributed by atoms with E-state index < -0.39 is 0 Å². The Kier molecular flexibility index (Phi) is 2.55. The minimum Gasteiger partial charge on any atom is -0.192 e. The Balaban J connectivity index is 2.30. The minimum absolute atomic E-state index is 0.454. The number of nitriles is 2. The molecule has 0 unspecified atom stereocenters. The van der Waals surface area contributed by atoms with Crippen LogP contribution in [-0.4, -0.2) is 0 Å². The SMILES string of the molecule is N#Cc1c2c(c(C#N)c3c(Cl)sc(Cl)c13)-c1ccccc1-2. The molecule has 4 rings (SSSR count). The summed E-state index contributed by atoms with van der Waals surface area (Å²) in [5, 5.41) is 20.3. The van der Waals surface area contributed by atoms with Gasteiger partial charge in [0.05, 0.1) is 11.1 Å². The number of nitrogens with zero attached hydrogens (tertiary/aromatic N) is 2. The van der Waals surface area contributed by atoms with Crippen LogP contribution in [0.2, 0.25) is 8.67 Å². The number of fused-ring (bicyclic) bond motifs is 5. The summed E-state index contributed by atoms with van der Waals surface area (Å²) in [5.41, 5.74) is 4.61. The maximum Gasteiger partial charge on any atom is 0.104 e. The van der Waals surface area contributed by atoms with Crippen LogP contribution in [0.25, 0.3) is 33.0 Å². The van der Waals surface area contributed by atoms with E-state index in [1.165, 1.54) is 11.3 Å². The lowest BCUT2D eigenvalue weighted by molar-refractivity contribution is 1.45. The summed E-state index contributed by atoms with van der Waals surface area (Å²) in [6.45, 7) is 0. The number of hydrogen-bond donors (Lipinski definition) is 0. The third-order valence-electron chi connectivity index (χ3n) is 3.76. The van der Waals surface area contributed by atoms with Crippen LogP contribution in [0.1, 0.15) is 11.1 Å². The van der Waals surface area contributed by atoms with Gasteiger partial charge in [0.25, 0.3) is 0 Å². The number of halogens is 2. The first-order valence-electron chi connectivity index (χ1n) is 6.06. The molecule has 1 aliphatic rings. The average molecular weight is 327 g/mol. The lowest BCUT2D eigenvalue weighted by Crippen LogP contribution is -2.05. The molecule has 1 heterocycles. The fourth-order valence-electron chi connectivity index (χ4n) is 2.94. The Bertz CT molecular complexity index is 954. The van der Waals surface area contributed by atoms with E-state index >= 15 is 0 Å². The van der Waals surface area contributed by atoms with Crippen LogP contribution in [0.3, 0.4) is 0 Å². The van der Waals surface area contributed by atoms with Crippen molar-refractivity contribution in [1.29, 1.82) is 10.5 Å². The van der Waals surface area contributed by atoms with Gasteiger partial charge in [-0.2, -0.15) is 10.5 Å². The Morgan fingerprint density at radius 1 is 0.810 bits per heavy atom. The lowest BCUT2D eigenvalue weighted by atomic mass is 9.74. The molecule has 0 radical (unpaired) electrons. The second-order valence-corrected chi connectivity index (χ2v) is 6.89. The molecule has 0 aliphatic heterocycles. The second-order valence-electron chi connectivity index (χ2n) is 4.67. The maximum absolute atomic E-state index is 9.57. The Morgan fingerprint density at radius 2 is 1.24 bits per heavy atom. The summed E-state index contributed by atoms with van der Waals surface area (Å²) in [7, 11) is 0. The van der Waals surface area contributed by atoms with Gasteiger partial charge >= 0.3 is 0 Å². The molecule has 0 bridgehead atoms. The molecule has 0 saturated heterocycles. The van der Waals surface area contributed by atoms with Crippen LogP contribution in [0, 0.1) is 22.7 Å². The van der Waals surface area contributed by atoms with Crippen molar-refractivity contribution in [2.24, 2.45) is 0 Å². The molecule has 3 aromatic rings. The molecular weight excluding hydrogens is 323 g/mol. The van der Waals surface area contributed by atoms with Crippen molar-refractivity contribution in [3.8, 4) is 34.4 Å². The zero-order chi connectivity index (χ0) is 14.7. The first-order chi connectivity index (χ1) is 10.2. The highest BCUT2D eigenvalue weighted by atomic mass is 35.5. The van der Waals surface area contributed by atoms with Crippen molar-refractivity contribution in [3.05, 3.63) is 44.1 Å². The normalized spacial score (nSPS) is 11.2. The minimum atomic E-state index is 0.454. The topological polar surface area (TPSA) is 47.6 Å². The molecule has 0 atom stereocenters. The van der Waals surface area contributed by atoms with Gasteiger partial charge in [-0.3, -0.25) is 0 Å². The van der Waals surface area contributed by atoms with Crippen molar-refractivity contribution in [3.63, 3.8) is 0 Å². The molecule has 2 aromatic carbocycles. The van der Waals surface area contributed by atoms with E-state index in [2.05, 4.69) is 12.1 Å². The first kappa shape index (κ1) is 12.7. The van der Waals surface area contributed by atoms with Crippen molar-refractivity contribution in [1.82, 2.24) is 0 Å². The Hall–Kier alpha value is -2.04. The van der Waals surface area contributed by atoms with E-state index in [4.69, 9.17) is 23.2 Å². The molecule has 2 nitrogen and oxygen atoms in total. The molecule has 1 aromatic heterocycles. The molecular formula is C16H4Cl2N2S. The summed E-state index contributed by atoms with van der Waals surface area (Å²) in [6.07, 6.45) is 0. The summed E-state index contributed by atoms with van der Waals surface area (Å²) >= 11 is 13.7. The van der Waals surface area contributed by atoms with Crippen LogP contribution in [0.4, 0.5) is 0 Å². The van der Waals surface area contributed by atoms with Crippen molar-refractivity contribution in [2.75, 3.05) is 0 Å². The van der Waals surface area contributed by atoms with Crippen LogP contribution in [-0.2, 0) is 0 Å². The maximum atomic E-state index is 9.57. The predicted molar refractivity (Wildman–Crippen MR) is 85.7 cm³/mol. The van der Waals surface area contributed by atoms with Crippen LogP contribution >= 0.6 is 34.5 Å². The second kappa shape index (κ2) is 4.23. The highest BCUT2D eigenvalue weighted by molar-refractivity contribution is 7.22. The van der Waals surface area contributed by atoms with Gasteiger partial charge in [-0.1, -0.05) is 47.5 Å². The Morgan fingerprint density at radius 3 is 1.62 bits per heavy atom. The van der Waals surface area contributed by atoms with Crippen molar-refractivity contribution in [2.45, 2.75) is 0 Å². The number of hydrogen-bond acceptors (Lipinski definition) is 3. The van der Waals surface area contributed by atoms with E-state index in [0.29, 0.717) is 30.6 Å². The molecule has 5 heteroatoms. The molecule has 1 aliphatic carbocycles. The molecule has 0 N–H and O–H groups in total. The average Bonchev–Trinajstić information content (AvgIpc) is 2.78. The Labute approximate surface area is 134 Å².